The first kappa shape index (κ1) is 20.4. The number of guanidine groups is 1. The molecule has 2 N–H and O–H groups in total. The first-order chi connectivity index (χ1) is 10.3. The minimum absolute atomic E-state index is 0. The predicted molar refractivity (Wildman–Crippen MR) is 110 cm³/mol. The summed E-state index contributed by atoms with van der Waals surface area (Å²) in [5.74, 6) is 0.983. The summed E-state index contributed by atoms with van der Waals surface area (Å²) in [5, 5.41) is 7.91. The standard InChI is InChI=1S/C16H32N4S.HI/c1-17-16(19-14-7-8-15(13-14)21-2)18-9-12-20-10-5-3-4-6-11-20;/h14-15H,3-13H2,1-2H3,(H2,17,18,19);1H. The summed E-state index contributed by atoms with van der Waals surface area (Å²) in [5.41, 5.74) is 0. The lowest BCUT2D eigenvalue weighted by atomic mass is 10.2. The van der Waals surface area contributed by atoms with Gasteiger partial charge in [0.05, 0.1) is 0 Å². The van der Waals surface area contributed by atoms with E-state index in [9.17, 15) is 0 Å². The van der Waals surface area contributed by atoms with Crippen LogP contribution in [0.2, 0.25) is 0 Å². The van der Waals surface area contributed by atoms with Gasteiger partial charge in [-0.25, -0.2) is 0 Å². The van der Waals surface area contributed by atoms with Crippen molar-refractivity contribution in [1.82, 2.24) is 15.5 Å². The van der Waals surface area contributed by atoms with E-state index in [-0.39, 0.29) is 24.0 Å². The second-order valence-electron chi connectivity index (χ2n) is 6.27. The van der Waals surface area contributed by atoms with Gasteiger partial charge in [-0.3, -0.25) is 4.99 Å². The van der Waals surface area contributed by atoms with Crippen molar-refractivity contribution in [2.24, 2.45) is 4.99 Å². The Morgan fingerprint density at radius 3 is 2.50 bits per heavy atom. The Morgan fingerprint density at radius 2 is 1.91 bits per heavy atom. The van der Waals surface area contributed by atoms with Gasteiger partial charge < -0.3 is 15.5 Å². The molecule has 1 saturated heterocycles. The van der Waals surface area contributed by atoms with Crippen LogP contribution in [0.25, 0.3) is 0 Å². The Hall–Kier alpha value is 0.310. The molecule has 0 amide bonds. The van der Waals surface area contributed by atoms with Crippen LogP contribution in [0.1, 0.15) is 44.9 Å². The predicted octanol–water partition coefficient (Wildman–Crippen LogP) is 2.93. The van der Waals surface area contributed by atoms with Gasteiger partial charge in [0.15, 0.2) is 5.96 Å². The molecule has 2 fully saturated rings. The summed E-state index contributed by atoms with van der Waals surface area (Å²) < 4.78 is 0. The molecule has 4 nitrogen and oxygen atoms in total. The molecule has 1 heterocycles. The zero-order valence-corrected chi connectivity index (χ0v) is 17.3. The highest BCUT2D eigenvalue weighted by Crippen LogP contribution is 2.27. The monoisotopic (exact) mass is 440 g/mol. The van der Waals surface area contributed by atoms with Crippen LogP contribution in [0.5, 0.6) is 0 Å². The van der Waals surface area contributed by atoms with Crippen molar-refractivity contribution in [3.05, 3.63) is 0 Å². The van der Waals surface area contributed by atoms with E-state index >= 15 is 0 Å². The lowest BCUT2D eigenvalue weighted by molar-refractivity contribution is 0.289. The van der Waals surface area contributed by atoms with Gasteiger partial charge in [-0.1, -0.05) is 12.8 Å². The van der Waals surface area contributed by atoms with Crippen molar-refractivity contribution < 1.29 is 0 Å². The van der Waals surface area contributed by atoms with Crippen LogP contribution in [0.3, 0.4) is 0 Å². The largest absolute Gasteiger partial charge is 0.355 e. The Morgan fingerprint density at radius 1 is 1.18 bits per heavy atom. The molecule has 2 aliphatic rings. The van der Waals surface area contributed by atoms with Crippen LogP contribution in [-0.2, 0) is 0 Å². The number of aliphatic imine (C=N–C) groups is 1. The Kier molecular flexibility index (Phi) is 10.9. The van der Waals surface area contributed by atoms with Crippen molar-refractivity contribution in [3.63, 3.8) is 0 Å². The Labute approximate surface area is 157 Å². The van der Waals surface area contributed by atoms with Crippen LogP contribution >= 0.6 is 35.7 Å². The highest BCUT2D eigenvalue weighted by Gasteiger charge is 2.24. The van der Waals surface area contributed by atoms with Crippen LogP contribution < -0.4 is 10.6 Å². The fourth-order valence-electron chi connectivity index (χ4n) is 3.37. The van der Waals surface area contributed by atoms with Crippen molar-refractivity contribution >= 4 is 41.7 Å². The second-order valence-corrected chi connectivity index (χ2v) is 7.40. The molecule has 1 saturated carbocycles. The summed E-state index contributed by atoms with van der Waals surface area (Å²) >= 11 is 2.00. The first-order valence-corrected chi connectivity index (χ1v) is 9.83. The molecule has 0 aromatic rings. The molecule has 0 spiro atoms. The molecule has 1 aliphatic heterocycles. The average molecular weight is 440 g/mol. The van der Waals surface area contributed by atoms with E-state index in [0.29, 0.717) is 6.04 Å². The van der Waals surface area contributed by atoms with E-state index in [2.05, 4.69) is 26.8 Å². The van der Waals surface area contributed by atoms with E-state index in [1.165, 1.54) is 58.0 Å². The topological polar surface area (TPSA) is 39.7 Å². The molecule has 2 unspecified atom stereocenters. The molecule has 1 aliphatic carbocycles. The highest BCUT2D eigenvalue weighted by atomic mass is 127. The molecule has 130 valence electrons. The van der Waals surface area contributed by atoms with E-state index in [1.807, 2.05) is 18.8 Å². The number of thioether (sulfide) groups is 1. The van der Waals surface area contributed by atoms with Crippen molar-refractivity contribution in [2.45, 2.75) is 56.2 Å². The lowest BCUT2D eigenvalue weighted by Crippen LogP contribution is -2.45. The number of hydrogen-bond donors (Lipinski definition) is 2. The summed E-state index contributed by atoms with van der Waals surface area (Å²) in [6.45, 7) is 4.68. The van der Waals surface area contributed by atoms with E-state index in [4.69, 9.17) is 0 Å². The summed E-state index contributed by atoms with van der Waals surface area (Å²) in [7, 11) is 1.88. The molecular formula is C16H33IN4S. The maximum atomic E-state index is 4.37. The van der Waals surface area contributed by atoms with E-state index in [0.717, 1.165) is 24.3 Å². The molecule has 2 rings (SSSR count). The maximum absolute atomic E-state index is 4.37. The minimum Gasteiger partial charge on any atom is -0.355 e. The smallest absolute Gasteiger partial charge is 0.191 e. The summed E-state index contributed by atoms with van der Waals surface area (Å²) in [4.78, 5) is 6.96. The Balaban J connectivity index is 0.00000242. The second kappa shape index (κ2) is 11.8. The van der Waals surface area contributed by atoms with Gasteiger partial charge >= 0.3 is 0 Å². The maximum Gasteiger partial charge on any atom is 0.191 e. The van der Waals surface area contributed by atoms with E-state index in [1.54, 1.807) is 0 Å². The van der Waals surface area contributed by atoms with Gasteiger partial charge in [0, 0.05) is 31.4 Å². The lowest BCUT2D eigenvalue weighted by Gasteiger charge is -2.22. The molecule has 22 heavy (non-hydrogen) atoms. The van der Waals surface area contributed by atoms with Gasteiger partial charge in [0.1, 0.15) is 0 Å². The van der Waals surface area contributed by atoms with Gasteiger partial charge in [-0.2, -0.15) is 11.8 Å². The molecule has 6 heteroatoms. The SMILES string of the molecule is CN=C(NCCN1CCCCCC1)NC1CCC(SC)C1.I. The van der Waals surface area contributed by atoms with Gasteiger partial charge in [-0.15, -0.1) is 24.0 Å². The number of nitrogens with zero attached hydrogens (tertiary/aromatic N) is 2. The van der Waals surface area contributed by atoms with Gasteiger partial charge in [0.25, 0.3) is 0 Å². The Bertz CT molecular complexity index is 319. The average Bonchev–Trinajstić information content (AvgIpc) is 2.80. The summed E-state index contributed by atoms with van der Waals surface area (Å²) in [6.07, 6.45) is 11.7. The summed E-state index contributed by atoms with van der Waals surface area (Å²) in [6, 6.07) is 0.604. The third kappa shape index (κ3) is 7.25. The third-order valence-electron chi connectivity index (χ3n) is 4.70. The fourth-order valence-corrected chi connectivity index (χ4v) is 4.16. The molecular weight excluding hydrogens is 407 g/mol. The van der Waals surface area contributed by atoms with Crippen molar-refractivity contribution in [1.29, 1.82) is 0 Å². The minimum atomic E-state index is 0. The number of rotatable bonds is 5. The molecule has 0 radical (unpaired) electrons. The zero-order valence-electron chi connectivity index (χ0n) is 14.1. The van der Waals surface area contributed by atoms with Crippen molar-refractivity contribution in [2.75, 3.05) is 39.5 Å². The van der Waals surface area contributed by atoms with Crippen LogP contribution in [0, 0.1) is 0 Å². The highest BCUT2D eigenvalue weighted by molar-refractivity contribution is 14.0. The number of halogens is 1. The normalized spacial score (nSPS) is 27.1. The molecule has 0 aromatic heterocycles. The number of likely N-dealkylation sites (tertiary alicyclic amines) is 1. The van der Waals surface area contributed by atoms with Crippen LogP contribution in [0.15, 0.2) is 4.99 Å². The number of nitrogens with one attached hydrogen (secondary N) is 2. The van der Waals surface area contributed by atoms with Crippen LogP contribution in [-0.4, -0.2) is 61.6 Å². The number of hydrogen-bond acceptors (Lipinski definition) is 3. The molecule has 2 atom stereocenters. The van der Waals surface area contributed by atoms with Crippen LogP contribution in [0.4, 0.5) is 0 Å². The van der Waals surface area contributed by atoms with Crippen molar-refractivity contribution in [3.8, 4) is 0 Å². The van der Waals surface area contributed by atoms with Gasteiger partial charge in [0.2, 0.25) is 0 Å². The van der Waals surface area contributed by atoms with E-state index < -0.39 is 0 Å². The quantitative estimate of drug-likeness (QED) is 0.392. The molecule has 0 bridgehead atoms. The third-order valence-corrected chi connectivity index (χ3v) is 5.80. The zero-order chi connectivity index (χ0) is 14.9. The van der Waals surface area contributed by atoms with Gasteiger partial charge in [-0.05, 0) is 51.4 Å². The molecule has 0 aromatic carbocycles. The fraction of sp³-hybridized carbons (Fsp3) is 0.938. The first-order valence-electron chi connectivity index (χ1n) is 8.54.